The maximum atomic E-state index is 12.1. The third-order valence-corrected chi connectivity index (χ3v) is 4.04. The van der Waals surface area contributed by atoms with Crippen molar-refractivity contribution < 1.29 is 19.1 Å². The van der Waals surface area contributed by atoms with Gasteiger partial charge in [-0.05, 0) is 44.9 Å². The Morgan fingerprint density at radius 2 is 1.86 bits per heavy atom. The van der Waals surface area contributed by atoms with Crippen molar-refractivity contribution in [1.29, 1.82) is 0 Å². The Labute approximate surface area is 138 Å². The van der Waals surface area contributed by atoms with Gasteiger partial charge in [-0.3, -0.25) is 0 Å². The number of nitrogens with one attached hydrogen (secondary N) is 1. The lowest BCUT2D eigenvalue weighted by molar-refractivity contribution is -0.144. The number of carbonyl (C=O) groups is 2. The fraction of sp³-hybridized carbons (Fsp3) is 0.500. The highest BCUT2D eigenvalue weighted by Gasteiger charge is 2.63. The molecule has 1 aromatic rings. The average molecular weight is 370 g/mol. The molecular formula is C16H20BrNO4. The van der Waals surface area contributed by atoms with E-state index in [-0.39, 0.29) is 5.92 Å². The quantitative estimate of drug-likeness (QED) is 0.829. The number of rotatable bonds is 3. The lowest BCUT2D eigenvalue weighted by Gasteiger charge is -2.23. The minimum atomic E-state index is -1.04. The van der Waals surface area contributed by atoms with Crippen molar-refractivity contribution in [2.24, 2.45) is 0 Å². The maximum absolute atomic E-state index is 12.1. The molecule has 1 saturated carbocycles. The molecule has 6 heteroatoms. The van der Waals surface area contributed by atoms with Crippen LogP contribution in [0.25, 0.3) is 0 Å². The first kappa shape index (κ1) is 16.8. The van der Waals surface area contributed by atoms with Crippen molar-refractivity contribution in [2.45, 2.75) is 44.2 Å². The molecule has 1 aliphatic carbocycles. The van der Waals surface area contributed by atoms with E-state index in [1.165, 1.54) is 7.11 Å². The van der Waals surface area contributed by atoms with Gasteiger partial charge in [0, 0.05) is 10.4 Å². The number of alkyl carbamates (subject to hydrolysis) is 1. The number of ether oxygens (including phenoxy) is 2. The summed E-state index contributed by atoms with van der Waals surface area (Å²) >= 11 is 3.38. The first-order valence-electron chi connectivity index (χ1n) is 7.03. The predicted molar refractivity (Wildman–Crippen MR) is 85.6 cm³/mol. The smallest absolute Gasteiger partial charge is 0.408 e. The van der Waals surface area contributed by atoms with Crippen LogP contribution < -0.4 is 5.32 Å². The average Bonchev–Trinajstić information content (AvgIpc) is 3.11. The Morgan fingerprint density at radius 3 is 2.36 bits per heavy atom. The standard InChI is InChI=1S/C16H20BrNO4/c1-15(2,3)22-14(20)18-16(13(19)21-4)9-12(16)10-5-7-11(17)8-6-10/h5-8,12H,9H2,1-4H3,(H,18,20)/t12-,16+/m1/s1. The number of carbonyl (C=O) groups excluding carboxylic acids is 2. The minimum absolute atomic E-state index is 0.111. The SMILES string of the molecule is COC(=O)[C@]1(NC(=O)OC(C)(C)C)C[C@@H]1c1ccc(Br)cc1. The zero-order valence-electron chi connectivity index (χ0n) is 13.1. The second-order valence-corrected chi connectivity index (χ2v) is 7.31. The predicted octanol–water partition coefficient (Wildman–Crippen LogP) is 3.37. The second kappa shape index (κ2) is 5.91. The molecule has 120 valence electrons. The molecule has 0 heterocycles. The van der Waals surface area contributed by atoms with E-state index in [9.17, 15) is 9.59 Å². The molecule has 0 aliphatic heterocycles. The Morgan fingerprint density at radius 1 is 1.27 bits per heavy atom. The second-order valence-electron chi connectivity index (χ2n) is 6.40. The van der Waals surface area contributed by atoms with Gasteiger partial charge >= 0.3 is 12.1 Å². The van der Waals surface area contributed by atoms with Gasteiger partial charge in [-0.15, -0.1) is 0 Å². The van der Waals surface area contributed by atoms with Gasteiger partial charge in [0.1, 0.15) is 11.1 Å². The van der Waals surface area contributed by atoms with Crippen LogP contribution in [0, 0.1) is 0 Å². The van der Waals surface area contributed by atoms with Gasteiger partial charge in [0.2, 0.25) is 0 Å². The highest BCUT2D eigenvalue weighted by atomic mass is 79.9. The van der Waals surface area contributed by atoms with Gasteiger partial charge in [0.25, 0.3) is 0 Å². The van der Waals surface area contributed by atoms with Gasteiger partial charge in [0.05, 0.1) is 7.11 Å². The molecule has 1 aromatic carbocycles. The molecule has 0 bridgehead atoms. The highest BCUT2D eigenvalue weighted by molar-refractivity contribution is 9.10. The van der Waals surface area contributed by atoms with Crippen molar-refractivity contribution in [3.8, 4) is 0 Å². The molecule has 0 spiro atoms. The van der Waals surface area contributed by atoms with Crippen LogP contribution in [-0.2, 0) is 14.3 Å². The topological polar surface area (TPSA) is 64.6 Å². The molecule has 0 radical (unpaired) electrons. The zero-order valence-corrected chi connectivity index (χ0v) is 14.7. The lowest BCUT2D eigenvalue weighted by atomic mass is 10.1. The van der Waals surface area contributed by atoms with E-state index in [4.69, 9.17) is 9.47 Å². The largest absolute Gasteiger partial charge is 0.467 e. The molecular weight excluding hydrogens is 350 g/mol. The van der Waals surface area contributed by atoms with Crippen LogP contribution in [0.5, 0.6) is 0 Å². The normalized spacial score (nSPS) is 23.6. The van der Waals surface area contributed by atoms with E-state index < -0.39 is 23.2 Å². The van der Waals surface area contributed by atoms with Gasteiger partial charge in [-0.1, -0.05) is 28.1 Å². The van der Waals surface area contributed by atoms with Crippen LogP contribution in [0.15, 0.2) is 28.7 Å². The number of halogens is 1. The molecule has 5 nitrogen and oxygen atoms in total. The Kier molecular flexibility index (Phi) is 4.52. The number of amides is 1. The molecule has 1 amide bonds. The third-order valence-electron chi connectivity index (χ3n) is 3.51. The van der Waals surface area contributed by atoms with Crippen LogP contribution in [0.2, 0.25) is 0 Å². The summed E-state index contributed by atoms with van der Waals surface area (Å²) in [6.45, 7) is 5.32. The summed E-state index contributed by atoms with van der Waals surface area (Å²) in [5.41, 5.74) is -0.682. The summed E-state index contributed by atoms with van der Waals surface area (Å²) in [4.78, 5) is 24.2. The monoisotopic (exact) mass is 369 g/mol. The van der Waals surface area contributed by atoms with Crippen molar-refractivity contribution in [1.82, 2.24) is 5.32 Å². The highest BCUT2D eigenvalue weighted by Crippen LogP contribution is 2.52. The maximum Gasteiger partial charge on any atom is 0.408 e. The van der Waals surface area contributed by atoms with Crippen molar-refractivity contribution in [3.05, 3.63) is 34.3 Å². The van der Waals surface area contributed by atoms with E-state index in [2.05, 4.69) is 21.2 Å². The summed E-state index contributed by atoms with van der Waals surface area (Å²) in [7, 11) is 1.32. The van der Waals surface area contributed by atoms with Crippen LogP contribution >= 0.6 is 15.9 Å². The van der Waals surface area contributed by atoms with E-state index >= 15 is 0 Å². The molecule has 2 atom stereocenters. The summed E-state index contributed by atoms with van der Waals surface area (Å²) < 4.78 is 11.1. The van der Waals surface area contributed by atoms with Gasteiger partial charge in [-0.2, -0.15) is 0 Å². The number of methoxy groups -OCH3 is 1. The van der Waals surface area contributed by atoms with E-state index in [1.54, 1.807) is 20.8 Å². The molecule has 0 aromatic heterocycles. The number of benzene rings is 1. The summed E-state index contributed by atoms with van der Waals surface area (Å²) in [6, 6.07) is 7.67. The van der Waals surface area contributed by atoms with Crippen LogP contribution in [-0.4, -0.2) is 30.3 Å². The third kappa shape index (κ3) is 3.61. The van der Waals surface area contributed by atoms with Crippen molar-refractivity contribution >= 4 is 28.0 Å². The number of hydrogen-bond donors (Lipinski definition) is 1. The van der Waals surface area contributed by atoms with Gasteiger partial charge in [-0.25, -0.2) is 9.59 Å². The molecule has 1 N–H and O–H groups in total. The van der Waals surface area contributed by atoms with Crippen LogP contribution in [0.3, 0.4) is 0 Å². The fourth-order valence-corrected chi connectivity index (χ4v) is 2.71. The minimum Gasteiger partial charge on any atom is -0.467 e. The van der Waals surface area contributed by atoms with Crippen LogP contribution in [0.4, 0.5) is 4.79 Å². The molecule has 2 rings (SSSR count). The first-order valence-corrected chi connectivity index (χ1v) is 7.82. The molecule has 0 saturated heterocycles. The Bertz CT molecular complexity index is 579. The first-order chi connectivity index (χ1) is 10.2. The molecule has 22 heavy (non-hydrogen) atoms. The van der Waals surface area contributed by atoms with E-state index in [1.807, 2.05) is 24.3 Å². The van der Waals surface area contributed by atoms with Crippen molar-refractivity contribution in [3.63, 3.8) is 0 Å². The molecule has 1 fully saturated rings. The fourth-order valence-electron chi connectivity index (χ4n) is 2.44. The number of esters is 1. The summed E-state index contributed by atoms with van der Waals surface area (Å²) in [6.07, 6.45) is -0.113. The van der Waals surface area contributed by atoms with Crippen molar-refractivity contribution in [2.75, 3.05) is 7.11 Å². The Hall–Kier alpha value is -1.56. The van der Waals surface area contributed by atoms with E-state index in [0.29, 0.717) is 6.42 Å². The molecule has 1 aliphatic rings. The summed E-state index contributed by atoms with van der Waals surface area (Å²) in [5, 5.41) is 2.69. The number of hydrogen-bond acceptors (Lipinski definition) is 4. The van der Waals surface area contributed by atoms with Crippen LogP contribution in [0.1, 0.15) is 38.7 Å². The molecule has 0 unspecified atom stereocenters. The zero-order chi connectivity index (χ0) is 16.5. The van der Waals surface area contributed by atoms with E-state index in [0.717, 1.165) is 10.0 Å². The summed E-state index contributed by atoms with van der Waals surface area (Å²) in [5.74, 6) is -0.563. The van der Waals surface area contributed by atoms with Gasteiger partial charge < -0.3 is 14.8 Å². The van der Waals surface area contributed by atoms with Gasteiger partial charge in [0.15, 0.2) is 0 Å². The lowest BCUT2D eigenvalue weighted by Crippen LogP contribution is -2.47. The Balaban J connectivity index is 2.16.